The van der Waals surface area contributed by atoms with Crippen LogP contribution in [0.1, 0.15) is 0 Å². The third kappa shape index (κ3) is 2.39. The van der Waals surface area contributed by atoms with Crippen LogP contribution < -0.4 is 5.73 Å². The molecule has 1 rings (SSSR count). The minimum Gasteiger partial charge on any atom is -0.386 e. The molecule has 0 unspecified atom stereocenters. The van der Waals surface area contributed by atoms with Gasteiger partial charge in [0, 0.05) is 0 Å². The van der Waals surface area contributed by atoms with E-state index in [1.807, 2.05) is 0 Å². The first kappa shape index (κ1) is 9.92. The van der Waals surface area contributed by atoms with Gasteiger partial charge in [0.2, 0.25) is 0 Å². The summed E-state index contributed by atoms with van der Waals surface area (Å²) in [5.74, 6) is -1.94. The van der Waals surface area contributed by atoms with Crippen LogP contribution in [-0.4, -0.2) is 11.7 Å². The lowest BCUT2D eigenvalue weighted by molar-refractivity contribution is 0.510. The van der Waals surface area contributed by atoms with Gasteiger partial charge in [0.25, 0.3) is 0 Å². The van der Waals surface area contributed by atoms with Crippen molar-refractivity contribution in [2.75, 3.05) is 5.88 Å². The molecule has 0 heterocycles. The smallest absolute Gasteiger partial charge is 0.184 e. The van der Waals surface area contributed by atoms with Gasteiger partial charge in [-0.1, -0.05) is 6.07 Å². The first-order valence-corrected chi connectivity index (χ1v) is 4.01. The zero-order valence-electron chi connectivity index (χ0n) is 6.60. The Morgan fingerprint density at radius 2 is 2.15 bits per heavy atom. The van der Waals surface area contributed by atoms with E-state index < -0.39 is 11.6 Å². The fourth-order valence-corrected chi connectivity index (χ4v) is 0.823. The van der Waals surface area contributed by atoms with Gasteiger partial charge < -0.3 is 5.73 Å². The predicted molar refractivity (Wildman–Crippen MR) is 48.4 cm³/mol. The molecule has 0 aromatic heterocycles. The summed E-state index contributed by atoms with van der Waals surface area (Å²) in [6, 6.07) is 3.67. The van der Waals surface area contributed by atoms with E-state index in [4.69, 9.17) is 17.3 Å². The normalized spacial score (nSPS) is 11.8. The lowest BCUT2D eigenvalue weighted by Gasteiger charge is -1.98. The van der Waals surface area contributed by atoms with Crippen molar-refractivity contribution >= 4 is 23.1 Å². The molecule has 5 heteroatoms. The predicted octanol–water partition coefficient (Wildman–Crippen LogP) is 2.19. The average Bonchev–Trinajstić information content (AvgIpc) is 2.13. The van der Waals surface area contributed by atoms with Crippen LogP contribution in [0.2, 0.25) is 0 Å². The van der Waals surface area contributed by atoms with Crippen molar-refractivity contribution in [2.45, 2.75) is 0 Å². The van der Waals surface area contributed by atoms with E-state index in [0.29, 0.717) is 0 Å². The Hall–Kier alpha value is -1.16. The molecule has 0 aliphatic carbocycles. The Bertz CT molecular complexity index is 339. The van der Waals surface area contributed by atoms with Crippen molar-refractivity contribution in [3.63, 3.8) is 0 Å². The molecule has 2 N–H and O–H groups in total. The van der Waals surface area contributed by atoms with Gasteiger partial charge in [0.05, 0.1) is 5.88 Å². The summed E-state index contributed by atoms with van der Waals surface area (Å²) in [6.07, 6.45) is 0. The van der Waals surface area contributed by atoms with Gasteiger partial charge in [0.15, 0.2) is 11.6 Å². The van der Waals surface area contributed by atoms with E-state index in [1.165, 1.54) is 12.1 Å². The first-order valence-electron chi connectivity index (χ1n) is 3.48. The zero-order chi connectivity index (χ0) is 9.84. The Kier molecular flexibility index (Phi) is 3.19. The maximum atomic E-state index is 12.9. The SMILES string of the molecule is NC(CCl)=Nc1cccc(F)c1F. The molecule has 0 atom stereocenters. The lowest BCUT2D eigenvalue weighted by atomic mass is 10.3. The maximum absolute atomic E-state index is 12.9. The summed E-state index contributed by atoms with van der Waals surface area (Å²) in [4.78, 5) is 3.59. The summed E-state index contributed by atoms with van der Waals surface area (Å²) in [6.45, 7) is 0. The van der Waals surface area contributed by atoms with E-state index in [0.717, 1.165) is 6.07 Å². The molecule has 0 aliphatic rings. The van der Waals surface area contributed by atoms with Gasteiger partial charge >= 0.3 is 0 Å². The molecule has 0 radical (unpaired) electrons. The van der Waals surface area contributed by atoms with E-state index in [-0.39, 0.29) is 17.4 Å². The molecule has 2 nitrogen and oxygen atoms in total. The molecular weight excluding hydrogens is 198 g/mol. The molecule has 0 fully saturated rings. The van der Waals surface area contributed by atoms with Crippen LogP contribution in [0.15, 0.2) is 23.2 Å². The summed E-state index contributed by atoms with van der Waals surface area (Å²) in [5, 5.41) is 0. The van der Waals surface area contributed by atoms with Crippen molar-refractivity contribution < 1.29 is 8.78 Å². The van der Waals surface area contributed by atoms with Crippen LogP contribution in [0.25, 0.3) is 0 Å². The number of nitrogens with zero attached hydrogens (tertiary/aromatic N) is 1. The van der Waals surface area contributed by atoms with Crippen LogP contribution in [-0.2, 0) is 0 Å². The molecule has 0 aliphatic heterocycles. The molecule has 1 aromatic rings. The van der Waals surface area contributed by atoms with Gasteiger partial charge in [-0.25, -0.2) is 13.8 Å². The number of hydrogen-bond donors (Lipinski definition) is 1. The van der Waals surface area contributed by atoms with Gasteiger partial charge in [-0.2, -0.15) is 0 Å². The number of halogens is 3. The largest absolute Gasteiger partial charge is 0.386 e. The number of rotatable bonds is 2. The highest BCUT2D eigenvalue weighted by atomic mass is 35.5. The van der Waals surface area contributed by atoms with Crippen LogP contribution in [0.3, 0.4) is 0 Å². The molecule has 0 spiro atoms. The molecule has 0 amide bonds. The van der Waals surface area contributed by atoms with Crippen LogP contribution in [0, 0.1) is 11.6 Å². The Morgan fingerprint density at radius 1 is 1.46 bits per heavy atom. The molecule has 0 bridgehead atoms. The van der Waals surface area contributed by atoms with Crippen LogP contribution in [0.5, 0.6) is 0 Å². The van der Waals surface area contributed by atoms with Crippen LogP contribution >= 0.6 is 11.6 Å². The summed E-state index contributed by atoms with van der Waals surface area (Å²) < 4.78 is 25.5. The number of nitrogens with two attached hydrogens (primary N) is 1. The highest BCUT2D eigenvalue weighted by molar-refractivity contribution is 6.28. The van der Waals surface area contributed by atoms with Crippen molar-refractivity contribution in [2.24, 2.45) is 10.7 Å². The van der Waals surface area contributed by atoms with E-state index >= 15 is 0 Å². The van der Waals surface area contributed by atoms with Gasteiger partial charge in [-0.15, -0.1) is 11.6 Å². The number of benzene rings is 1. The minimum absolute atomic E-state index is 0.0179. The van der Waals surface area contributed by atoms with E-state index in [2.05, 4.69) is 4.99 Å². The van der Waals surface area contributed by atoms with Crippen LogP contribution in [0.4, 0.5) is 14.5 Å². The summed E-state index contributed by atoms with van der Waals surface area (Å²) in [5.41, 5.74) is 5.11. The lowest BCUT2D eigenvalue weighted by Crippen LogP contribution is -2.12. The molecule has 1 aromatic carbocycles. The van der Waals surface area contributed by atoms with Gasteiger partial charge in [-0.05, 0) is 12.1 Å². The standard InChI is InChI=1S/C8H7ClF2N2/c9-4-7(12)13-6-3-1-2-5(10)8(6)11/h1-3H,4H2,(H2,12,13). The highest BCUT2D eigenvalue weighted by Gasteiger charge is 2.06. The third-order valence-electron chi connectivity index (χ3n) is 1.33. The first-order chi connectivity index (χ1) is 6.15. The van der Waals surface area contributed by atoms with E-state index in [9.17, 15) is 8.78 Å². The average molecular weight is 205 g/mol. The second-order valence-corrected chi connectivity index (χ2v) is 2.58. The topological polar surface area (TPSA) is 38.4 Å². The Labute approximate surface area is 79.0 Å². The molecule has 13 heavy (non-hydrogen) atoms. The molecule has 70 valence electrons. The second-order valence-electron chi connectivity index (χ2n) is 2.31. The summed E-state index contributed by atoms with van der Waals surface area (Å²) >= 11 is 5.32. The molecular formula is C8H7ClF2N2. The fraction of sp³-hybridized carbons (Fsp3) is 0.125. The van der Waals surface area contributed by atoms with Crippen molar-refractivity contribution in [1.82, 2.24) is 0 Å². The maximum Gasteiger partial charge on any atom is 0.184 e. The highest BCUT2D eigenvalue weighted by Crippen LogP contribution is 2.19. The van der Waals surface area contributed by atoms with Crippen molar-refractivity contribution in [3.8, 4) is 0 Å². The van der Waals surface area contributed by atoms with E-state index in [1.54, 1.807) is 0 Å². The molecule has 0 saturated heterocycles. The van der Waals surface area contributed by atoms with Crippen molar-refractivity contribution in [3.05, 3.63) is 29.8 Å². The minimum atomic E-state index is -1.02. The third-order valence-corrected chi connectivity index (χ3v) is 1.61. The van der Waals surface area contributed by atoms with Gasteiger partial charge in [-0.3, -0.25) is 0 Å². The second kappa shape index (κ2) is 4.18. The Balaban J connectivity index is 3.09. The summed E-state index contributed by atoms with van der Waals surface area (Å²) in [7, 11) is 0. The fourth-order valence-electron chi connectivity index (χ4n) is 0.763. The van der Waals surface area contributed by atoms with Crippen molar-refractivity contribution in [1.29, 1.82) is 0 Å². The molecule has 0 saturated carbocycles. The number of aliphatic imine (C=N–C) groups is 1. The monoisotopic (exact) mass is 204 g/mol. The Morgan fingerprint density at radius 3 is 2.77 bits per heavy atom. The van der Waals surface area contributed by atoms with Gasteiger partial charge in [0.1, 0.15) is 11.5 Å². The number of hydrogen-bond acceptors (Lipinski definition) is 1. The number of amidine groups is 1. The quantitative estimate of drug-likeness (QED) is 0.448. The zero-order valence-corrected chi connectivity index (χ0v) is 7.35. The number of alkyl halides is 1.